The minimum atomic E-state index is -0.268. The van der Waals surface area contributed by atoms with Gasteiger partial charge in [0.05, 0.1) is 12.2 Å². The molecule has 2 fully saturated rings. The monoisotopic (exact) mass is 316 g/mol. The predicted molar refractivity (Wildman–Crippen MR) is 91.3 cm³/mol. The van der Waals surface area contributed by atoms with Gasteiger partial charge in [-0.05, 0) is 12.5 Å². The number of ketones is 1. The second-order valence-corrected chi connectivity index (χ2v) is 7.69. The standard InChI is InChI=1S/C19H28N2O2/c1-15(22)19(2,3)14-21-12-17-10-20(11-18(13-21)23-17)9-16-7-5-4-6-8-16/h4-8,17-18H,9-14H2,1-3H3. The van der Waals surface area contributed by atoms with Crippen molar-refractivity contribution >= 4 is 5.78 Å². The molecule has 2 bridgehead atoms. The Labute approximate surface area is 139 Å². The van der Waals surface area contributed by atoms with Crippen molar-refractivity contribution in [1.29, 1.82) is 0 Å². The van der Waals surface area contributed by atoms with Gasteiger partial charge >= 0.3 is 0 Å². The first-order valence-corrected chi connectivity index (χ1v) is 8.57. The van der Waals surface area contributed by atoms with Crippen LogP contribution in [0.4, 0.5) is 0 Å². The molecule has 0 amide bonds. The van der Waals surface area contributed by atoms with Crippen molar-refractivity contribution in [2.75, 3.05) is 32.7 Å². The summed E-state index contributed by atoms with van der Waals surface area (Å²) < 4.78 is 6.13. The second-order valence-electron chi connectivity index (χ2n) is 7.69. The van der Waals surface area contributed by atoms with Gasteiger partial charge in [0.1, 0.15) is 5.78 Å². The molecule has 126 valence electrons. The fourth-order valence-corrected chi connectivity index (χ4v) is 3.63. The quantitative estimate of drug-likeness (QED) is 0.834. The highest BCUT2D eigenvalue weighted by molar-refractivity contribution is 5.81. The zero-order chi connectivity index (χ0) is 16.4. The Kier molecular flexibility index (Phi) is 4.85. The summed E-state index contributed by atoms with van der Waals surface area (Å²) in [6, 6.07) is 10.6. The lowest BCUT2D eigenvalue weighted by Gasteiger charge is -2.47. The van der Waals surface area contributed by atoms with Crippen molar-refractivity contribution in [3.05, 3.63) is 35.9 Å². The van der Waals surface area contributed by atoms with Crippen LogP contribution in [0, 0.1) is 5.41 Å². The molecule has 2 heterocycles. The Hall–Kier alpha value is -1.23. The number of rotatable bonds is 5. The van der Waals surface area contributed by atoms with Gasteiger partial charge in [0.2, 0.25) is 0 Å². The van der Waals surface area contributed by atoms with Crippen LogP contribution in [0.2, 0.25) is 0 Å². The molecular formula is C19H28N2O2. The van der Waals surface area contributed by atoms with Crippen molar-refractivity contribution in [2.45, 2.75) is 39.5 Å². The van der Waals surface area contributed by atoms with Crippen LogP contribution in [0.5, 0.6) is 0 Å². The highest BCUT2D eigenvalue weighted by Gasteiger charge is 2.37. The van der Waals surface area contributed by atoms with E-state index in [4.69, 9.17) is 4.74 Å². The Balaban J connectivity index is 1.57. The van der Waals surface area contributed by atoms with Crippen molar-refractivity contribution in [2.24, 2.45) is 5.41 Å². The number of hydrogen-bond acceptors (Lipinski definition) is 4. The molecule has 0 radical (unpaired) electrons. The lowest BCUT2D eigenvalue weighted by atomic mass is 9.88. The van der Waals surface area contributed by atoms with Gasteiger partial charge < -0.3 is 4.74 Å². The van der Waals surface area contributed by atoms with E-state index in [0.717, 1.165) is 39.3 Å². The summed E-state index contributed by atoms with van der Waals surface area (Å²) in [5, 5.41) is 0. The summed E-state index contributed by atoms with van der Waals surface area (Å²) in [4.78, 5) is 16.7. The van der Waals surface area contributed by atoms with Gasteiger partial charge in [0.15, 0.2) is 0 Å². The van der Waals surface area contributed by atoms with Crippen molar-refractivity contribution < 1.29 is 9.53 Å². The molecule has 2 unspecified atom stereocenters. The molecule has 2 aliphatic heterocycles. The zero-order valence-corrected chi connectivity index (χ0v) is 14.5. The number of ether oxygens (including phenoxy) is 1. The molecule has 0 aliphatic carbocycles. The van der Waals surface area contributed by atoms with E-state index in [1.54, 1.807) is 6.92 Å². The minimum Gasteiger partial charge on any atom is -0.370 e. The normalized spacial score (nSPS) is 26.2. The van der Waals surface area contributed by atoms with Gasteiger partial charge in [0.25, 0.3) is 0 Å². The van der Waals surface area contributed by atoms with Crippen LogP contribution < -0.4 is 0 Å². The van der Waals surface area contributed by atoms with E-state index in [1.807, 2.05) is 13.8 Å². The SMILES string of the molecule is CC(=O)C(C)(C)CN1CC2CN(Cc3ccccc3)CC(C1)O2. The number of carbonyl (C=O) groups excluding carboxylic acids is 1. The van der Waals surface area contributed by atoms with E-state index >= 15 is 0 Å². The Bertz CT molecular complexity index is 530. The van der Waals surface area contributed by atoms with Gasteiger partial charge in [-0.1, -0.05) is 44.2 Å². The molecule has 3 rings (SSSR count). The van der Waals surface area contributed by atoms with Crippen LogP contribution in [0.15, 0.2) is 30.3 Å². The molecule has 0 aromatic heterocycles. The van der Waals surface area contributed by atoms with Gasteiger partial charge in [-0.15, -0.1) is 0 Å². The first kappa shape index (κ1) is 16.6. The number of carbonyl (C=O) groups is 1. The average Bonchev–Trinajstić information content (AvgIpc) is 2.46. The molecule has 1 aromatic carbocycles. The Morgan fingerprint density at radius 3 is 2.22 bits per heavy atom. The number of morpholine rings is 2. The predicted octanol–water partition coefficient (Wildman–Crippen LogP) is 2.19. The molecule has 2 saturated heterocycles. The zero-order valence-electron chi connectivity index (χ0n) is 14.5. The van der Waals surface area contributed by atoms with Gasteiger partial charge in [-0.2, -0.15) is 0 Å². The largest absolute Gasteiger partial charge is 0.370 e. The molecule has 2 atom stereocenters. The number of fused-ring (bicyclic) bond motifs is 2. The summed E-state index contributed by atoms with van der Waals surface area (Å²) in [5.74, 6) is 0.264. The summed E-state index contributed by atoms with van der Waals surface area (Å²) in [6.45, 7) is 11.4. The minimum absolute atomic E-state index is 0.258. The van der Waals surface area contributed by atoms with Crippen LogP contribution in [-0.4, -0.2) is 60.5 Å². The van der Waals surface area contributed by atoms with Crippen LogP contribution in [0.3, 0.4) is 0 Å². The van der Waals surface area contributed by atoms with Crippen LogP contribution in [0.25, 0.3) is 0 Å². The van der Waals surface area contributed by atoms with Crippen LogP contribution in [-0.2, 0) is 16.1 Å². The Morgan fingerprint density at radius 2 is 1.65 bits per heavy atom. The Morgan fingerprint density at radius 1 is 1.09 bits per heavy atom. The molecule has 4 nitrogen and oxygen atoms in total. The summed E-state index contributed by atoms with van der Waals surface area (Å²) in [6.07, 6.45) is 0.517. The first-order chi connectivity index (χ1) is 10.9. The molecule has 23 heavy (non-hydrogen) atoms. The third-order valence-corrected chi connectivity index (χ3v) is 5.05. The maximum absolute atomic E-state index is 11.8. The highest BCUT2D eigenvalue weighted by Crippen LogP contribution is 2.25. The molecule has 1 aromatic rings. The van der Waals surface area contributed by atoms with Crippen molar-refractivity contribution in [1.82, 2.24) is 9.80 Å². The van der Waals surface area contributed by atoms with Crippen LogP contribution in [0.1, 0.15) is 26.3 Å². The first-order valence-electron chi connectivity index (χ1n) is 8.57. The van der Waals surface area contributed by atoms with Gasteiger partial charge in [-0.25, -0.2) is 0 Å². The number of hydrogen-bond donors (Lipinski definition) is 0. The molecule has 2 aliphatic rings. The lowest BCUT2D eigenvalue weighted by Crippen LogP contribution is -2.60. The van der Waals surface area contributed by atoms with E-state index < -0.39 is 0 Å². The number of benzene rings is 1. The van der Waals surface area contributed by atoms with E-state index in [9.17, 15) is 4.79 Å². The summed E-state index contributed by atoms with van der Waals surface area (Å²) in [5.41, 5.74) is 1.09. The molecular weight excluding hydrogens is 288 g/mol. The second kappa shape index (κ2) is 6.71. The highest BCUT2D eigenvalue weighted by atomic mass is 16.5. The van der Waals surface area contributed by atoms with E-state index in [0.29, 0.717) is 0 Å². The molecule has 4 heteroatoms. The van der Waals surface area contributed by atoms with Gasteiger partial charge in [0, 0.05) is 44.7 Å². The molecule has 0 spiro atoms. The maximum atomic E-state index is 11.8. The molecule has 0 N–H and O–H groups in total. The lowest BCUT2D eigenvalue weighted by molar-refractivity contribution is -0.148. The van der Waals surface area contributed by atoms with Gasteiger partial charge in [-0.3, -0.25) is 14.6 Å². The smallest absolute Gasteiger partial charge is 0.136 e. The van der Waals surface area contributed by atoms with E-state index in [2.05, 4.69) is 40.1 Å². The summed E-state index contributed by atoms with van der Waals surface area (Å²) in [7, 11) is 0. The third kappa shape index (κ3) is 4.19. The van der Waals surface area contributed by atoms with Crippen molar-refractivity contribution in [3.8, 4) is 0 Å². The molecule has 0 saturated carbocycles. The van der Waals surface area contributed by atoms with Crippen molar-refractivity contribution in [3.63, 3.8) is 0 Å². The number of Topliss-reactive ketones (excluding diaryl/α,β-unsaturated/α-hetero) is 1. The fraction of sp³-hybridized carbons (Fsp3) is 0.632. The number of nitrogens with zero attached hydrogens (tertiary/aromatic N) is 2. The van der Waals surface area contributed by atoms with E-state index in [-0.39, 0.29) is 23.4 Å². The van der Waals surface area contributed by atoms with E-state index in [1.165, 1.54) is 5.56 Å². The fourth-order valence-electron chi connectivity index (χ4n) is 3.63. The average molecular weight is 316 g/mol. The summed E-state index contributed by atoms with van der Waals surface area (Å²) >= 11 is 0. The topological polar surface area (TPSA) is 32.8 Å². The van der Waals surface area contributed by atoms with Crippen LogP contribution >= 0.6 is 0 Å². The third-order valence-electron chi connectivity index (χ3n) is 5.05. The maximum Gasteiger partial charge on any atom is 0.136 e.